The molecule has 0 unspecified atom stereocenters. The molecule has 2 N–H and O–H groups in total. The van der Waals surface area contributed by atoms with Gasteiger partial charge in [-0.05, 0) is 62.4 Å². The molecule has 31 heavy (non-hydrogen) atoms. The van der Waals surface area contributed by atoms with Crippen LogP contribution in [-0.2, 0) is 4.79 Å². The Balaban J connectivity index is 1.23. The number of hydrogen-bond acceptors (Lipinski definition) is 5. The molecule has 162 valence electrons. The Bertz CT molecular complexity index is 1050. The monoisotopic (exact) mass is 419 g/mol. The van der Waals surface area contributed by atoms with Crippen LogP contribution in [0.1, 0.15) is 31.2 Å². The lowest BCUT2D eigenvalue weighted by Gasteiger charge is -2.30. The molecule has 1 aromatic heterocycles. The Morgan fingerprint density at radius 3 is 2.55 bits per heavy atom. The molecule has 1 fully saturated rings. The Morgan fingerprint density at radius 1 is 1.00 bits per heavy atom. The standard InChI is InChI=1S/C25H29N3O3/c1-17-14-24(28-23-9-4-3-8-22(17)23)26-18-10-12-19(13-11-18)27-25(29)16-31-21-7-5-6-20(15-21)30-2/h3-9,14-15,18-19H,10-13,16H2,1-2H3,(H,26,28)(H,27,29). The molecular weight excluding hydrogens is 390 g/mol. The van der Waals surface area contributed by atoms with Crippen LogP contribution in [0.15, 0.2) is 54.6 Å². The van der Waals surface area contributed by atoms with E-state index < -0.39 is 0 Å². The molecule has 0 spiro atoms. The van der Waals surface area contributed by atoms with Gasteiger partial charge in [-0.25, -0.2) is 4.98 Å². The van der Waals surface area contributed by atoms with Crippen molar-refractivity contribution in [1.29, 1.82) is 0 Å². The van der Waals surface area contributed by atoms with Crippen molar-refractivity contribution in [3.05, 3.63) is 60.2 Å². The summed E-state index contributed by atoms with van der Waals surface area (Å²) in [7, 11) is 1.61. The van der Waals surface area contributed by atoms with Gasteiger partial charge in [0.05, 0.1) is 12.6 Å². The summed E-state index contributed by atoms with van der Waals surface area (Å²) in [4.78, 5) is 17.0. The van der Waals surface area contributed by atoms with Crippen LogP contribution in [0.5, 0.6) is 11.5 Å². The van der Waals surface area contributed by atoms with Crippen LogP contribution in [0.3, 0.4) is 0 Å². The van der Waals surface area contributed by atoms with Crippen LogP contribution < -0.4 is 20.1 Å². The van der Waals surface area contributed by atoms with Crippen molar-refractivity contribution in [2.75, 3.05) is 19.0 Å². The van der Waals surface area contributed by atoms with Gasteiger partial charge in [0.15, 0.2) is 6.61 Å². The maximum atomic E-state index is 12.3. The minimum Gasteiger partial charge on any atom is -0.497 e. The molecule has 1 amide bonds. The molecule has 4 rings (SSSR count). The number of benzene rings is 2. The van der Waals surface area contributed by atoms with Crippen LogP contribution in [0.25, 0.3) is 10.9 Å². The van der Waals surface area contributed by atoms with Crippen LogP contribution in [-0.4, -0.2) is 36.7 Å². The molecule has 1 aliphatic carbocycles. The first kappa shape index (κ1) is 21.0. The van der Waals surface area contributed by atoms with Crippen LogP contribution in [0.2, 0.25) is 0 Å². The number of fused-ring (bicyclic) bond motifs is 1. The van der Waals surface area contributed by atoms with Crippen LogP contribution >= 0.6 is 0 Å². The molecule has 0 saturated heterocycles. The van der Waals surface area contributed by atoms with Crippen molar-refractivity contribution in [2.24, 2.45) is 0 Å². The summed E-state index contributed by atoms with van der Waals surface area (Å²) in [5, 5.41) is 7.87. The van der Waals surface area contributed by atoms with E-state index in [1.807, 2.05) is 36.4 Å². The topological polar surface area (TPSA) is 72.5 Å². The molecule has 6 nitrogen and oxygen atoms in total. The van der Waals surface area contributed by atoms with Gasteiger partial charge in [-0.3, -0.25) is 4.79 Å². The molecular formula is C25H29N3O3. The fraction of sp³-hybridized carbons (Fsp3) is 0.360. The molecule has 3 aromatic rings. The number of hydrogen-bond donors (Lipinski definition) is 2. The Kier molecular flexibility index (Phi) is 6.55. The first-order chi connectivity index (χ1) is 15.1. The summed E-state index contributed by atoms with van der Waals surface area (Å²) in [6.07, 6.45) is 3.87. The van der Waals surface area contributed by atoms with Crippen LogP contribution in [0, 0.1) is 6.92 Å². The second kappa shape index (κ2) is 9.69. The summed E-state index contributed by atoms with van der Waals surface area (Å²) in [5.74, 6) is 2.17. The Hall–Kier alpha value is -3.28. The van der Waals surface area contributed by atoms with Gasteiger partial charge in [-0.15, -0.1) is 0 Å². The fourth-order valence-electron chi connectivity index (χ4n) is 4.12. The van der Waals surface area contributed by atoms with E-state index in [9.17, 15) is 4.79 Å². The number of anilines is 1. The molecule has 0 bridgehead atoms. The number of nitrogens with one attached hydrogen (secondary N) is 2. The number of carbonyl (C=O) groups excluding carboxylic acids is 1. The van der Waals surface area contributed by atoms with Gasteiger partial charge in [0.2, 0.25) is 0 Å². The summed E-state index contributed by atoms with van der Waals surface area (Å²) < 4.78 is 10.8. The lowest BCUT2D eigenvalue weighted by molar-refractivity contribution is -0.124. The van der Waals surface area contributed by atoms with E-state index in [0.29, 0.717) is 17.5 Å². The van der Waals surface area contributed by atoms with Crippen molar-refractivity contribution < 1.29 is 14.3 Å². The smallest absolute Gasteiger partial charge is 0.258 e. The summed E-state index contributed by atoms with van der Waals surface area (Å²) in [5.41, 5.74) is 2.24. The summed E-state index contributed by atoms with van der Waals surface area (Å²) >= 11 is 0. The van der Waals surface area contributed by atoms with Crippen molar-refractivity contribution in [1.82, 2.24) is 10.3 Å². The maximum absolute atomic E-state index is 12.3. The largest absolute Gasteiger partial charge is 0.497 e. The highest BCUT2D eigenvalue weighted by atomic mass is 16.5. The van der Waals surface area contributed by atoms with Gasteiger partial charge in [-0.2, -0.15) is 0 Å². The zero-order chi connectivity index (χ0) is 21.6. The van der Waals surface area contributed by atoms with E-state index in [2.05, 4.69) is 29.7 Å². The number of nitrogens with zero attached hydrogens (tertiary/aromatic N) is 1. The van der Waals surface area contributed by atoms with Crippen molar-refractivity contribution >= 4 is 22.6 Å². The highest BCUT2D eigenvalue weighted by molar-refractivity contribution is 5.83. The van der Waals surface area contributed by atoms with Crippen molar-refractivity contribution in [3.8, 4) is 11.5 Å². The molecule has 1 heterocycles. The SMILES string of the molecule is COc1cccc(OCC(=O)NC2CCC(Nc3cc(C)c4ccccc4n3)CC2)c1. The second-order valence-electron chi connectivity index (χ2n) is 8.07. The van der Waals surface area contributed by atoms with E-state index in [1.165, 1.54) is 10.9 Å². The average molecular weight is 420 g/mol. The van der Waals surface area contributed by atoms with Gasteiger partial charge >= 0.3 is 0 Å². The van der Waals surface area contributed by atoms with Crippen LogP contribution in [0.4, 0.5) is 5.82 Å². The molecule has 0 radical (unpaired) electrons. The zero-order valence-electron chi connectivity index (χ0n) is 18.1. The lowest BCUT2D eigenvalue weighted by Crippen LogP contribution is -2.42. The number of aromatic nitrogens is 1. The maximum Gasteiger partial charge on any atom is 0.258 e. The predicted molar refractivity (Wildman–Crippen MR) is 123 cm³/mol. The molecule has 6 heteroatoms. The highest BCUT2D eigenvalue weighted by Gasteiger charge is 2.23. The third-order valence-corrected chi connectivity index (χ3v) is 5.78. The van der Waals surface area contributed by atoms with Crippen molar-refractivity contribution in [2.45, 2.75) is 44.7 Å². The van der Waals surface area contributed by atoms with E-state index >= 15 is 0 Å². The first-order valence-corrected chi connectivity index (χ1v) is 10.8. The normalized spacial score (nSPS) is 18.4. The number of ether oxygens (including phenoxy) is 2. The zero-order valence-corrected chi connectivity index (χ0v) is 18.1. The third kappa shape index (κ3) is 5.45. The van der Waals surface area contributed by atoms with Gasteiger partial charge in [0.25, 0.3) is 5.91 Å². The van der Waals surface area contributed by atoms with E-state index in [1.54, 1.807) is 13.2 Å². The van der Waals surface area contributed by atoms with Gasteiger partial charge in [-0.1, -0.05) is 24.3 Å². The second-order valence-corrected chi connectivity index (χ2v) is 8.07. The number of methoxy groups -OCH3 is 1. The van der Waals surface area contributed by atoms with Gasteiger partial charge < -0.3 is 20.1 Å². The highest BCUT2D eigenvalue weighted by Crippen LogP contribution is 2.25. The first-order valence-electron chi connectivity index (χ1n) is 10.8. The number of para-hydroxylation sites is 1. The number of carbonyl (C=O) groups is 1. The number of rotatable bonds is 7. The number of pyridine rings is 1. The Morgan fingerprint density at radius 2 is 1.74 bits per heavy atom. The van der Waals surface area contributed by atoms with E-state index in [0.717, 1.165) is 37.0 Å². The predicted octanol–water partition coefficient (Wildman–Crippen LogP) is 4.47. The quantitative estimate of drug-likeness (QED) is 0.591. The lowest BCUT2D eigenvalue weighted by atomic mass is 9.91. The Labute approximate surface area is 183 Å². The number of aryl methyl sites for hydroxylation is 1. The summed E-state index contributed by atoms with van der Waals surface area (Å²) in [6, 6.07) is 18.2. The average Bonchev–Trinajstić information content (AvgIpc) is 2.79. The molecule has 1 saturated carbocycles. The molecule has 2 aromatic carbocycles. The summed E-state index contributed by atoms with van der Waals surface area (Å²) in [6.45, 7) is 2.13. The number of amides is 1. The fourth-order valence-corrected chi connectivity index (χ4v) is 4.12. The van der Waals surface area contributed by atoms with Gasteiger partial charge in [0.1, 0.15) is 17.3 Å². The van der Waals surface area contributed by atoms with Crippen molar-refractivity contribution in [3.63, 3.8) is 0 Å². The molecule has 0 atom stereocenters. The van der Waals surface area contributed by atoms with E-state index in [-0.39, 0.29) is 18.6 Å². The minimum atomic E-state index is -0.0916. The minimum absolute atomic E-state index is 0.00559. The van der Waals surface area contributed by atoms with Gasteiger partial charge in [0, 0.05) is 23.5 Å². The molecule has 0 aliphatic heterocycles. The van der Waals surface area contributed by atoms with E-state index in [4.69, 9.17) is 14.5 Å². The third-order valence-electron chi connectivity index (χ3n) is 5.78. The molecule has 1 aliphatic rings.